The van der Waals surface area contributed by atoms with Gasteiger partial charge in [0.15, 0.2) is 0 Å². The van der Waals surface area contributed by atoms with E-state index in [2.05, 4.69) is 16.7 Å². The number of anilines is 1. The predicted molar refractivity (Wildman–Crippen MR) is 147 cm³/mol. The van der Waals surface area contributed by atoms with Crippen LogP contribution >= 0.6 is 0 Å². The van der Waals surface area contributed by atoms with E-state index in [1.54, 1.807) is 36.4 Å². The van der Waals surface area contributed by atoms with Gasteiger partial charge in [0.05, 0.1) is 11.6 Å². The minimum Gasteiger partial charge on any atom is -0.488 e. The van der Waals surface area contributed by atoms with E-state index >= 15 is 0 Å². The van der Waals surface area contributed by atoms with E-state index in [0.717, 1.165) is 26.8 Å². The fourth-order valence-corrected chi connectivity index (χ4v) is 4.39. The third kappa shape index (κ3) is 5.48. The Morgan fingerprint density at radius 1 is 1.03 bits per heavy atom. The van der Waals surface area contributed by atoms with E-state index in [4.69, 9.17) is 4.74 Å². The molecule has 5 rings (SSSR count). The van der Waals surface area contributed by atoms with Crippen LogP contribution in [0.2, 0.25) is 0 Å². The lowest BCUT2D eigenvalue weighted by molar-refractivity contribution is -0.127. The Hall–Kier alpha value is -5.42. The van der Waals surface area contributed by atoms with Crippen LogP contribution in [0.4, 0.5) is 10.5 Å². The second-order valence-corrected chi connectivity index (χ2v) is 9.05. The van der Waals surface area contributed by atoms with Gasteiger partial charge in [0.2, 0.25) is 5.91 Å². The Kier molecular flexibility index (Phi) is 7.06. The lowest BCUT2D eigenvalue weighted by Gasteiger charge is -2.14. The van der Waals surface area contributed by atoms with Crippen molar-refractivity contribution in [3.63, 3.8) is 0 Å². The third-order valence-electron chi connectivity index (χ3n) is 6.31. The van der Waals surface area contributed by atoms with E-state index in [1.807, 2.05) is 61.5 Å². The van der Waals surface area contributed by atoms with Crippen molar-refractivity contribution in [1.29, 1.82) is 5.26 Å². The summed E-state index contributed by atoms with van der Waals surface area (Å²) in [4.78, 5) is 39.3. The number of nitriles is 1. The predicted octanol–water partition coefficient (Wildman–Crippen LogP) is 5.13. The molecule has 0 radical (unpaired) electrons. The number of benzene rings is 4. The van der Waals surface area contributed by atoms with Crippen LogP contribution in [0.1, 0.15) is 22.3 Å². The van der Waals surface area contributed by atoms with Crippen LogP contribution in [-0.2, 0) is 16.2 Å². The minimum absolute atomic E-state index is 0.0296. The Morgan fingerprint density at radius 3 is 2.64 bits per heavy atom. The number of imide groups is 1. The molecule has 0 unspecified atom stereocenters. The molecule has 0 saturated carbocycles. The first-order valence-corrected chi connectivity index (χ1v) is 12.3. The molecule has 1 aliphatic rings. The molecule has 192 valence electrons. The van der Waals surface area contributed by atoms with E-state index in [9.17, 15) is 19.6 Å². The summed E-state index contributed by atoms with van der Waals surface area (Å²) in [5.41, 5.74) is 3.41. The monoisotopic (exact) mass is 516 g/mol. The molecule has 1 heterocycles. The Balaban J connectivity index is 1.41. The highest BCUT2D eigenvalue weighted by molar-refractivity contribution is 6.16. The van der Waals surface area contributed by atoms with Crippen LogP contribution in [0.15, 0.2) is 90.6 Å². The number of fused-ring (bicyclic) bond motifs is 1. The average Bonchev–Trinajstić information content (AvgIpc) is 3.20. The topological polar surface area (TPSA) is 112 Å². The minimum atomic E-state index is -0.684. The van der Waals surface area contributed by atoms with Crippen LogP contribution in [0.5, 0.6) is 5.75 Å². The summed E-state index contributed by atoms with van der Waals surface area (Å²) < 4.78 is 6.12. The second-order valence-electron chi connectivity index (χ2n) is 9.05. The summed E-state index contributed by atoms with van der Waals surface area (Å²) in [5, 5.41) is 16.4. The van der Waals surface area contributed by atoms with Gasteiger partial charge >= 0.3 is 6.03 Å². The molecule has 0 aliphatic carbocycles. The molecule has 0 aromatic heterocycles. The van der Waals surface area contributed by atoms with E-state index in [1.165, 1.54) is 0 Å². The fourth-order valence-electron chi connectivity index (χ4n) is 4.39. The van der Waals surface area contributed by atoms with Crippen molar-refractivity contribution < 1.29 is 19.1 Å². The molecule has 2 N–H and O–H groups in total. The smallest absolute Gasteiger partial charge is 0.329 e. The van der Waals surface area contributed by atoms with Crippen LogP contribution in [0.25, 0.3) is 16.8 Å². The lowest BCUT2D eigenvalue weighted by Crippen LogP contribution is -2.38. The van der Waals surface area contributed by atoms with Crippen LogP contribution in [0, 0.1) is 18.3 Å². The summed E-state index contributed by atoms with van der Waals surface area (Å²) in [5.74, 6) is -0.629. The molecule has 0 bridgehead atoms. The number of ether oxygens (including phenoxy) is 1. The molecule has 4 aromatic carbocycles. The number of hydrogen-bond acceptors (Lipinski definition) is 5. The molecule has 4 amide bonds. The summed E-state index contributed by atoms with van der Waals surface area (Å²) in [6.45, 7) is 1.61. The number of aryl methyl sites for hydroxylation is 1. The number of nitrogens with zero attached hydrogens (tertiary/aromatic N) is 2. The number of carbonyl (C=O) groups is 3. The Bertz CT molecular complexity index is 1690. The van der Waals surface area contributed by atoms with E-state index in [0.29, 0.717) is 22.6 Å². The highest BCUT2D eigenvalue weighted by Gasteiger charge is 2.35. The van der Waals surface area contributed by atoms with Crippen LogP contribution in [0.3, 0.4) is 0 Å². The lowest BCUT2D eigenvalue weighted by atomic mass is 10.0. The fraction of sp³-hybridized carbons (Fsp3) is 0.0968. The van der Waals surface area contributed by atoms with Gasteiger partial charge in [-0.05, 0) is 53.6 Å². The zero-order valence-corrected chi connectivity index (χ0v) is 21.1. The maximum absolute atomic E-state index is 13.2. The molecule has 0 spiro atoms. The van der Waals surface area contributed by atoms with Crippen molar-refractivity contribution in [3.05, 3.63) is 113 Å². The largest absolute Gasteiger partial charge is 0.488 e. The van der Waals surface area contributed by atoms with Gasteiger partial charge < -0.3 is 15.4 Å². The first kappa shape index (κ1) is 25.2. The van der Waals surface area contributed by atoms with Gasteiger partial charge in [0.1, 0.15) is 24.6 Å². The molecule has 4 aromatic rings. The molecule has 1 saturated heterocycles. The number of nitrogens with one attached hydrogen (secondary N) is 2. The Labute approximate surface area is 225 Å². The standard InChI is InChI=1S/C31H24N4O4/c1-20-7-6-11-24(15-20)33-29(36)18-35-30(37)27(34-31(35)38)16-26-25-12-5-4-8-21(25)13-14-28(26)39-19-23-10-3-2-9-22(23)17-32/h2-16H,18-19H2,1H3,(H,33,36)(H,34,38)/b27-16+. The van der Waals surface area contributed by atoms with Gasteiger partial charge in [-0.2, -0.15) is 5.26 Å². The highest BCUT2D eigenvalue weighted by atomic mass is 16.5. The van der Waals surface area contributed by atoms with Crippen LogP contribution < -0.4 is 15.4 Å². The van der Waals surface area contributed by atoms with Gasteiger partial charge in [-0.15, -0.1) is 0 Å². The number of urea groups is 1. The van der Waals surface area contributed by atoms with Crippen LogP contribution in [-0.4, -0.2) is 29.3 Å². The number of rotatable bonds is 7. The van der Waals surface area contributed by atoms with Gasteiger partial charge in [-0.1, -0.05) is 60.7 Å². The Morgan fingerprint density at radius 2 is 1.82 bits per heavy atom. The van der Waals surface area contributed by atoms with E-state index < -0.39 is 24.4 Å². The van der Waals surface area contributed by atoms with Gasteiger partial charge in [0.25, 0.3) is 5.91 Å². The molecule has 1 aliphatic heterocycles. The van der Waals surface area contributed by atoms with Crippen molar-refractivity contribution in [3.8, 4) is 11.8 Å². The zero-order chi connectivity index (χ0) is 27.4. The number of amides is 4. The van der Waals surface area contributed by atoms with Crippen molar-refractivity contribution in [2.45, 2.75) is 13.5 Å². The first-order valence-electron chi connectivity index (χ1n) is 12.3. The van der Waals surface area contributed by atoms with E-state index in [-0.39, 0.29) is 12.3 Å². The molecule has 1 fully saturated rings. The average molecular weight is 517 g/mol. The quantitative estimate of drug-likeness (QED) is 0.261. The summed E-state index contributed by atoms with van der Waals surface area (Å²) in [7, 11) is 0. The highest BCUT2D eigenvalue weighted by Crippen LogP contribution is 2.32. The molecule has 8 nitrogen and oxygen atoms in total. The normalized spacial score (nSPS) is 13.8. The van der Waals surface area contributed by atoms with Crippen molar-refractivity contribution in [2.24, 2.45) is 0 Å². The van der Waals surface area contributed by atoms with Gasteiger partial charge in [0, 0.05) is 16.8 Å². The summed E-state index contributed by atoms with van der Waals surface area (Å²) >= 11 is 0. The molecule has 0 atom stereocenters. The first-order chi connectivity index (χ1) is 18.9. The molecular formula is C31H24N4O4. The SMILES string of the molecule is Cc1cccc(NC(=O)CN2C(=O)N/C(=C/c3c(OCc4ccccc4C#N)ccc4ccccc34)C2=O)c1. The van der Waals surface area contributed by atoms with Gasteiger partial charge in [-0.3, -0.25) is 9.59 Å². The molecular weight excluding hydrogens is 492 g/mol. The van der Waals surface area contributed by atoms with Crippen molar-refractivity contribution in [2.75, 3.05) is 11.9 Å². The maximum atomic E-state index is 13.2. The van der Waals surface area contributed by atoms with Gasteiger partial charge in [-0.25, -0.2) is 9.69 Å². The molecule has 8 heteroatoms. The van der Waals surface area contributed by atoms with Crippen molar-refractivity contribution in [1.82, 2.24) is 10.2 Å². The maximum Gasteiger partial charge on any atom is 0.329 e. The second kappa shape index (κ2) is 10.9. The summed E-state index contributed by atoms with van der Waals surface area (Å²) in [6.07, 6.45) is 1.56. The molecule has 39 heavy (non-hydrogen) atoms. The number of carbonyl (C=O) groups excluding carboxylic acids is 3. The zero-order valence-electron chi connectivity index (χ0n) is 21.1. The third-order valence-corrected chi connectivity index (χ3v) is 6.31. The van der Waals surface area contributed by atoms with Crippen molar-refractivity contribution >= 4 is 40.4 Å². The number of hydrogen-bond donors (Lipinski definition) is 2. The summed E-state index contributed by atoms with van der Waals surface area (Å²) in [6, 6.07) is 27.2.